The highest BCUT2D eigenvalue weighted by molar-refractivity contribution is 7.22. The normalized spacial score (nSPS) is 12.1. The molecular weight excluding hydrogens is 603 g/mol. The molecule has 0 saturated carbocycles. The lowest BCUT2D eigenvalue weighted by Crippen LogP contribution is -2.07. The van der Waals surface area contributed by atoms with E-state index in [9.17, 15) is 26.3 Å². The van der Waals surface area contributed by atoms with Gasteiger partial charge in [0.15, 0.2) is 11.5 Å². The van der Waals surface area contributed by atoms with Crippen LogP contribution in [0.15, 0.2) is 66.7 Å². The molecule has 206 valence electrons. The van der Waals surface area contributed by atoms with Crippen LogP contribution >= 0.6 is 34.5 Å². The van der Waals surface area contributed by atoms with E-state index in [0.29, 0.717) is 17.0 Å². The van der Waals surface area contributed by atoms with Crippen LogP contribution in [0, 0.1) is 0 Å². The highest BCUT2D eigenvalue weighted by Crippen LogP contribution is 2.43. The Morgan fingerprint density at radius 2 is 1.20 bits per heavy atom. The second kappa shape index (κ2) is 10.3. The van der Waals surface area contributed by atoms with Gasteiger partial charge in [0.25, 0.3) is 11.8 Å². The predicted molar refractivity (Wildman–Crippen MR) is 140 cm³/mol. The zero-order chi connectivity index (χ0) is 28.8. The number of halogens is 8. The molecule has 0 bridgehead atoms. The maximum absolute atomic E-state index is 13.4. The van der Waals surface area contributed by atoms with Crippen LogP contribution < -0.4 is 15.2 Å². The molecule has 0 aliphatic carbocycles. The second-order valence-corrected chi connectivity index (χ2v) is 10.1. The van der Waals surface area contributed by atoms with Crippen LogP contribution in [0.1, 0.15) is 11.1 Å². The summed E-state index contributed by atoms with van der Waals surface area (Å²) in [5.74, 6) is -1.38. The van der Waals surface area contributed by atoms with E-state index in [0.717, 1.165) is 22.2 Å². The van der Waals surface area contributed by atoms with Gasteiger partial charge in [-0.15, -0.1) is 11.3 Å². The van der Waals surface area contributed by atoms with Gasteiger partial charge in [-0.25, -0.2) is 0 Å². The SMILES string of the molecule is Nc1c(Oc2ccc(Cl)c(C(F)(F)F)c2)nc(-c2cc3ccccc3s2)nc1Oc1ccc(Cl)c(C(F)(F)F)c1. The average Bonchev–Trinajstić information content (AvgIpc) is 3.31. The van der Waals surface area contributed by atoms with Crippen LogP contribution in [0.5, 0.6) is 23.3 Å². The fourth-order valence-corrected chi connectivity index (χ4v) is 5.03. The molecule has 5 nitrogen and oxygen atoms in total. The molecule has 3 aromatic carbocycles. The Morgan fingerprint density at radius 3 is 1.68 bits per heavy atom. The minimum Gasteiger partial charge on any atom is -0.437 e. The van der Waals surface area contributed by atoms with E-state index in [-0.39, 0.29) is 23.0 Å². The molecule has 40 heavy (non-hydrogen) atoms. The lowest BCUT2D eigenvalue weighted by Gasteiger charge is -2.15. The highest BCUT2D eigenvalue weighted by atomic mass is 35.5. The fraction of sp³-hybridized carbons (Fsp3) is 0.0769. The van der Waals surface area contributed by atoms with Crippen molar-refractivity contribution >= 4 is 50.3 Å². The summed E-state index contributed by atoms with van der Waals surface area (Å²) in [6, 6.07) is 14.8. The summed E-state index contributed by atoms with van der Waals surface area (Å²) >= 11 is 12.7. The number of aromatic nitrogens is 2. The van der Waals surface area contributed by atoms with Crippen molar-refractivity contribution in [3.05, 3.63) is 87.9 Å². The van der Waals surface area contributed by atoms with Gasteiger partial charge in [0, 0.05) is 4.70 Å². The number of hydrogen-bond donors (Lipinski definition) is 1. The summed E-state index contributed by atoms with van der Waals surface area (Å²) in [5.41, 5.74) is 3.46. The van der Waals surface area contributed by atoms with Crippen LogP contribution in [0.2, 0.25) is 10.0 Å². The van der Waals surface area contributed by atoms with E-state index in [1.54, 1.807) is 6.07 Å². The molecular formula is C26H13Cl2F6N3O2S. The van der Waals surface area contributed by atoms with Crippen molar-refractivity contribution < 1.29 is 35.8 Å². The van der Waals surface area contributed by atoms with Gasteiger partial charge in [-0.3, -0.25) is 0 Å². The number of benzene rings is 3. The maximum Gasteiger partial charge on any atom is 0.417 e. The van der Waals surface area contributed by atoms with Crippen molar-refractivity contribution in [1.82, 2.24) is 9.97 Å². The van der Waals surface area contributed by atoms with E-state index in [1.165, 1.54) is 23.5 Å². The Morgan fingerprint density at radius 1 is 0.700 bits per heavy atom. The second-order valence-electron chi connectivity index (χ2n) is 8.20. The third-order valence-corrected chi connectivity index (χ3v) is 7.21. The summed E-state index contributed by atoms with van der Waals surface area (Å²) in [6.45, 7) is 0. The first kappa shape index (κ1) is 27.8. The average molecular weight is 616 g/mol. The lowest BCUT2D eigenvalue weighted by atomic mass is 10.2. The zero-order valence-electron chi connectivity index (χ0n) is 19.6. The largest absolute Gasteiger partial charge is 0.437 e. The lowest BCUT2D eigenvalue weighted by molar-refractivity contribution is -0.138. The van der Waals surface area contributed by atoms with Gasteiger partial charge in [-0.1, -0.05) is 41.4 Å². The van der Waals surface area contributed by atoms with Crippen molar-refractivity contribution in [3.8, 4) is 34.0 Å². The standard InChI is InChI=1S/C26H13Cl2F6N3O2S/c27-17-7-5-13(10-15(17)25(29,30)31)38-23-21(35)24(39-14-6-8-18(28)16(11-14)26(32,33)34)37-22(36-23)20-9-12-3-1-2-4-19(12)40-20/h1-11H,35H2. The molecule has 2 heterocycles. The minimum atomic E-state index is -4.77. The number of hydrogen-bond acceptors (Lipinski definition) is 6. The number of rotatable bonds is 5. The number of nitrogens with two attached hydrogens (primary N) is 1. The van der Waals surface area contributed by atoms with E-state index < -0.39 is 45.3 Å². The smallest absolute Gasteiger partial charge is 0.417 e. The molecule has 0 aliphatic heterocycles. The molecule has 0 radical (unpaired) electrons. The highest BCUT2D eigenvalue weighted by Gasteiger charge is 2.35. The molecule has 0 atom stereocenters. The number of ether oxygens (including phenoxy) is 2. The summed E-state index contributed by atoms with van der Waals surface area (Å²) in [7, 11) is 0. The molecule has 0 aliphatic rings. The molecule has 5 aromatic rings. The van der Waals surface area contributed by atoms with Crippen LogP contribution in [-0.4, -0.2) is 9.97 Å². The molecule has 0 fully saturated rings. The van der Waals surface area contributed by atoms with Crippen molar-refractivity contribution in [2.75, 3.05) is 5.73 Å². The van der Waals surface area contributed by atoms with Gasteiger partial charge in [0.2, 0.25) is 0 Å². The first-order valence-corrected chi connectivity index (χ1v) is 12.6. The van der Waals surface area contributed by atoms with Gasteiger partial charge < -0.3 is 15.2 Å². The van der Waals surface area contributed by atoms with Crippen LogP contribution in [0.25, 0.3) is 20.8 Å². The van der Waals surface area contributed by atoms with Gasteiger partial charge in [0.05, 0.1) is 26.0 Å². The summed E-state index contributed by atoms with van der Waals surface area (Å²) < 4.78 is 92.4. The number of nitrogens with zero attached hydrogens (tertiary/aromatic N) is 2. The monoisotopic (exact) mass is 615 g/mol. The maximum atomic E-state index is 13.4. The molecule has 2 aromatic heterocycles. The van der Waals surface area contributed by atoms with Crippen LogP contribution in [0.3, 0.4) is 0 Å². The van der Waals surface area contributed by atoms with E-state index in [2.05, 4.69) is 9.97 Å². The summed E-state index contributed by atoms with van der Waals surface area (Å²) in [4.78, 5) is 9.06. The van der Waals surface area contributed by atoms with Crippen molar-refractivity contribution in [3.63, 3.8) is 0 Å². The topological polar surface area (TPSA) is 70.3 Å². The Hall–Kier alpha value is -3.74. The molecule has 14 heteroatoms. The summed E-state index contributed by atoms with van der Waals surface area (Å²) in [5, 5.41) is -0.240. The number of alkyl halides is 6. The number of nitrogen functional groups attached to an aromatic ring is 1. The molecule has 0 saturated heterocycles. The zero-order valence-corrected chi connectivity index (χ0v) is 21.9. The Bertz CT molecular complexity index is 1620. The van der Waals surface area contributed by atoms with Crippen molar-refractivity contribution in [2.45, 2.75) is 12.4 Å². The van der Waals surface area contributed by atoms with Crippen molar-refractivity contribution in [2.24, 2.45) is 0 Å². The van der Waals surface area contributed by atoms with Gasteiger partial charge >= 0.3 is 12.4 Å². The summed E-state index contributed by atoms with van der Waals surface area (Å²) in [6.07, 6.45) is -9.54. The van der Waals surface area contributed by atoms with Crippen LogP contribution in [-0.2, 0) is 12.4 Å². The van der Waals surface area contributed by atoms with E-state index >= 15 is 0 Å². The van der Waals surface area contributed by atoms with E-state index in [4.69, 9.17) is 38.4 Å². The minimum absolute atomic E-state index is 0.00965. The molecule has 5 rings (SSSR count). The predicted octanol–water partition coefficient (Wildman–Crippen LogP) is 9.87. The van der Waals surface area contributed by atoms with Crippen molar-refractivity contribution in [1.29, 1.82) is 0 Å². The molecule has 0 amide bonds. The van der Waals surface area contributed by atoms with Gasteiger partial charge in [0.1, 0.15) is 11.5 Å². The third-order valence-electron chi connectivity index (χ3n) is 5.44. The number of anilines is 1. The first-order chi connectivity index (χ1) is 18.8. The molecule has 0 spiro atoms. The molecule has 0 unspecified atom stereocenters. The van der Waals surface area contributed by atoms with Gasteiger partial charge in [-0.2, -0.15) is 36.3 Å². The first-order valence-electron chi connectivity index (χ1n) is 11.1. The Kier molecular flexibility index (Phi) is 7.19. The quantitative estimate of drug-likeness (QED) is 0.199. The Labute approximate surface area is 235 Å². The number of thiophene rings is 1. The van der Waals surface area contributed by atoms with Crippen LogP contribution in [0.4, 0.5) is 32.0 Å². The third kappa shape index (κ3) is 5.74. The molecule has 2 N–H and O–H groups in total. The van der Waals surface area contributed by atoms with E-state index in [1.807, 2.05) is 24.3 Å². The fourth-order valence-electron chi connectivity index (χ4n) is 3.58. The number of fused-ring (bicyclic) bond motifs is 1. The van der Waals surface area contributed by atoms with Gasteiger partial charge in [-0.05, 0) is 53.9 Å². The Balaban J connectivity index is 1.62.